The summed E-state index contributed by atoms with van der Waals surface area (Å²) in [7, 11) is 1.58. The first-order chi connectivity index (χ1) is 10.3. The number of rotatable bonds is 1. The van der Waals surface area contributed by atoms with Crippen molar-refractivity contribution in [2.75, 3.05) is 7.11 Å². The monoisotopic (exact) mass is 280 g/mol. The van der Waals surface area contributed by atoms with Crippen LogP contribution in [0.5, 0.6) is 11.5 Å². The minimum atomic E-state index is -0.0374. The number of fused-ring (bicyclic) bond motifs is 4. The van der Waals surface area contributed by atoms with E-state index in [4.69, 9.17) is 13.9 Å². The SMILES string of the molecule is COc1ccc2c(=O)c3c(oc2c1)COc1ccccc1-3. The smallest absolute Gasteiger partial charge is 0.201 e. The summed E-state index contributed by atoms with van der Waals surface area (Å²) in [6, 6.07) is 12.7. The number of ether oxygens (including phenoxy) is 2. The maximum atomic E-state index is 12.8. The molecule has 0 aliphatic carbocycles. The van der Waals surface area contributed by atoms with Crippen molar-refractivity contribution in [2.24, 2.45) is 0 Å². The summed E-state index contributed by atoms with van der Waals surface area (Å²) in [5, 5.41) is 0.547. The van der Waals surface area contributed by atoms with Crippen LogP contribution in [-0.2, 0) is 6.61 Å². The Labute approximate surface area is 120 Å². The van der Waals surface area contributed by atoms with Gasteiger partial charge >= 0.3 is 0 Å². The fourth-order valence-corrected chi connectivity index (χ4v) is 2.66. The fraction of sp³-hybridized carbons (Fsp3) is 0.118. The van der Waals surface area contributed by atoms with Crippen LogP contribution in [0.15, 0.2) is 51.7 Å². The van der Waals surface area contributed by atoms with E-state index in [9.17, 15) is 4.79 Å². The van der Waals surface area contributed by atoms with Crippen molar-refractivity contribution >= 4 is 11.0 Å². The van der Waals surface area contributed by atoms with Crippen molar-refractivity contribution in [3.8, 4) is 22.6 Å². The summed E-state index contributed by atoms with van der Waals surface area (Å²) >= 11 is 0. The number of hydrogen-bond acceptors (Lipinski definition) is 4. The van der Waals surface area contributed by atoms with Crippen molar-refractivity contribution in [1.29, 1.82) is 0 Å². The van der Waals surface area contributed by atoms with Gasteiger partial charge < -0.3 is 13.9 Å². The van der Waals surface area contributed by atoms with Gasteiger partial charge in [0.15, 0.2) is 5.76 Å². The van der Waals surface area contributed by atoms with Crippen LogP contribution in [0.3, 0.4) is 0 Å². The van der Waals surface area contributed by atoms with Crippen LogP contribution < -0.4 is 14.9 Å². The highest BCUT2D eigenvalue weighted by atomic mass is 16.5. The molecule has 2 aromatic carbocycles. The van der Waals surface area contributed by atoms with E-state index >= 15 is 0 Å². The zero-order valence-corrected chi connectivity index (χ0v) is 11.4. The topological polar surface area (TPSA) is 48.7 Å². The quantitative estimate of drug-likeness (QED) is 0.685. The van der Waals surface area contributed by atoms with Crippen LogP contribution in [0.2, 0.25) is 0 Å². The number of para-hydroxylation sites is 1. The normalized spacial score (nSPS) is 12.4. The zero-order chi connectivity index (χ0) is 14.4. The van der Waals surface area contributed by atoms with E-state index in [1.54, 1.807) is 25.3 Å². The van der Waals surface area contributed by atoms with Gasteiger partial charge in [0.2, 0.25) is 5.43 Å². The summed E-state index contributed by atoms with van der Waals surface area (Å²) in [5.41, 5.74) is 1.85. The van der Waals surface area contributed by atoms with Crippen molar-refractivity contribution < 1.29 is 13.9 Å². The van der Waals surface area contributed by atoms with Gasteiger partial charge in [0.05, 0.1) is 18.1 Å². The van der Waals surface area contributed by atoms with E-state index in [1.807, 2.05) is 24.3 Å². The maximum Gasteiger partial charge on any atom is 0.201 e. The molecule has 0 saturated carbocycles. The molecule has 0 saturated heterocycles. The summed E-state index contributed by atoms with van der Waals surface area (Å²) in [6.45, 7) is 0.259. The molecule has 0 radical (unpaired) electrons. The van der Waals surface area contributed by atoms with E-state index < -0.39 is 0 Å². The van der Waals surface area contributed by atoms with Crippen molar-refractivity contribution in [2.45, 2.75) is 6.61 Å². The van der Waals surface area contributed by atoms with Crippen LogP contribution in [0, 0.1) is 0 Å². The third kappa shape index (κ3) is 1.72. The summed E-state index contributed by atoms with van der Waals surface area (Å²) in [4.78, 5) is 12.8. The lowest BCUT2D eigenvalue weighted by Gasteiger charge is -2.19. The lowest BCUT2D eigenvalue weighted by Crippen LogP contribution is -2.15. The average Bonchev–Trinajstić information content (AvgIpc) is 2.54. The standard InChI is InChI=1S/C17H12O4/c1-19-10-6-7-12-14(8-10)21-15-9-20-13-5-3-2-4-11(13)16(15)17(12)18/h2-8H,9H2,1H3. The van der Waals surface area contributed by atoms with E-state index in [1.165, 1.54) is 0 Å². The van der Waals surface area contributed by atoms with E-state index in [2.05, 4.69) is 0 Å². The number of methoxy groups -OCH3 is 1. The highest BCUT2D eigenvalue weighted by Gasteiger charge is 2.23. The Hall–Kier alpha value is -2.75. The van der Waals surface area contributed by atoms with Crippen molar-refractivity contribution in [1.82, 2.24) is 0 Å². The molecule has 2 heterocycles. The fourth-order valence-electron chi connectivity index (χ4n) is 2.66. The molecule has 0 bridgehead atoms. The maximum absolute atomic E-state index is 12.8. The first kappa shape index (κ1) is 12.0. The summed E-state index contributed by atoms with van der Waals surface area (Å²) in [5.74, 6) is 1.92. The molecule has 1 aromatic heterocycles. The van der Waals surface area contributed by atoms with Crippen LogP contribution >= 0.6 is 0 Å². The van der Waals surface area contributed by atoms with Gasteiger partial charge in [0.25, 0.3) is 0 Å². The van der Waals surface area contributed by atoms with Crippen LogP contribution in [0.1, 0.15) is 5.76 Å². The second-order valence-corrected chi connectivity index (χ2v) is 4.88. The zero-order valence-electron chi connectivity index (χ0n) is 11.4. The molecule has 0 unspecified atom stereocenters. The molecule has 0 fully saturated rings. The first-order valence-corrected chi connectivity index (χ1v) is 6.64. The van der Waals surface area contributed by atoms with E-state index in [0.717, 1.165) is 5.56 Å². The van der Waals surface area contributed by atoms with Crippen LogP contribution in [-0.4, -0.2) is 7.11 Å². The largest absolute Gasteiger partial charge is 0.497 e. The second kappa shape index (κ2) is 4.38. The Morgan fingerprint density at radius 2 is 2.00 bits per heavy atom. The second-order valence-electron chi connectivity index (χ2n) is 4.88. The van der Waals surface area contributed by atoms with Gasteiger partial charge in [-0.1, -0.05) is 18.2 Å². The lowest BCUT2D eigenvalue weighted by molar-refractivity contribution is 0.267. The number of benzene rings is 2. The molecule has 4 heteroatoms. The predicted octanol–water partition coefficient (Wildman–Crippen LogP) is 3.36. The molecule has 0 atom stereocenters. The third-order valence-electron chi connectivity index (χ3n) is 3.69. The first-order valence-electron chi connectivity index (χ1n) is 6.64. The molecular weight excluding hydrogens is 268 g/mol. The Balaban J connectivity index is 2.08. The predicted molar refractivity (Wildman–Crippen MR) is 78.8 cm³/mol. The third-order valence-corrected chi connectivity index (χ3v) is 3.69. The van der Waals surface area contributed by atoms with Crippen molar-refractivity contribution in [3.63, 3.8) is 0 Å². The molecule has 1 aliphatic rings. The van der Waals surface area contributed by atoms with Crippen LogP contribution in [0.25, 0.3) is 22.1 Å². The molecule has 1 aliphatic heterocycles. The minimum absolute atomic E-state index is 0.0374. The number of hydrogen-bond donors (Lipinski definition) is 0. The van der Waals surface area contributed by atoms with E-state index in [0.29, 0.717) is 33.8 Å². The lowest BCUT2D eigenvalue weighted by atomic mass is 9.99. The Morgan fingerprint density at radius 3 is 2.86 bits per heavy atom. The Kier molecular flexibility index (Phi) is 2.51. The molecule has 0 amide bonds. The highest BCUT2D eigenvalue weighted by Crippen LogP contribution is 2.36. The molecule has 104 valence electrons. The van der Waals surface area contributed by atoms with Gasteiger partial charge in [-0.05, 0) is 18.2 Å². The van der Waals surface area contributed by atoms with Crippen molar-refractivity contribution in [3.05, 3.63) is 58.4 Å². The summed E-state index contributed by atoms with van der Waals surface area (Å²) < 4.78 is 16.7. The molecule has 4 nitrogen and oxygen atoms in total. The van der Waals surface area contributed by atoms with Crippen LogP contribution in [0.4, 0.5) is 0 Å². The highest BCUT2D eigenvalue weighted by molar-refractivity contribution is 5.85. The molecule has 0 N–H and O–H groups in total. The van der Waals surface area contributed by atoms with Gasteiger partial charge in [-0.3, -0.25) is 4.79 Å². The Morgan fingerprint density at radius 1 is 1.14 bits per heavy atom. The van der Waals surface area contributed by atoms with E-state index in [-0.39, 0.29) is 12.0 Å². The van der Waals surface area contributed by atoms with Gasteiger partial charge in [0.1, 0.15) is 23.7 Å². The van der Waals surface area contributed by atoms with Gasteiger partial charge in [-0.25, -0.2) is 0 Å². The van der Waals surface area contributed by atoms with Gasteiger partial charge in [-0.15, -0.1) is 0 Å². The molecule has 21 heavy (non-hydrogen) atoms. The van der Waals surface area contributed by atoms with Gasteiger partial charge in [0, 0.05) is 11.6 Å². The Bertz CT molecular complexity index is 908. The molecule has 3 aromatic rings. The molecule has 0 spiro atoms. The molecule has 4 rings (SSSR count). The van der Waals surface area contributed by atoms with Gasteiger partial charge in [-0.2, -0.15) is 0 Å². The summed E-state index contributed by atoms with van der Waals surface area (Å²) in [6.07, 6.45) is 0. The average molecular weight is 280 g/mol. The minimum Gasteiger partial charge on any atom is -0.497 e. The molecular formula is C17H12O4.